The Labute approximate surface area is 130 Å². The fourth-order valence-corrected chi connectivity index (χ4v) is 2.72. The maximum Gasteiger partial charge on any atom is 0.223 e. The molecule has 0 saturated carbocycles. The van der Waals surface area contributed by atoms with Crippen LogP contribution < -0.4 is 10.6 Å². The van der Waals surface area contributed by atoms with Gasteiger partial charge in [0, 0.05) is 24.0 Å². The lowest BCUT2D eigenvalue weighted by Gasteiger charge is -2.21. The van der Waals surface area contributed by atoms with Crippen molar-refractivity contribution >= 4 is 29.2 Å². The number of rotatable bonds is 3. The third-order valence-corrected chi connectivity index (χ3v) is 3.88. The Morgan fingerprint density at radius 2 is 2.00 bits per heavy atom. The van der Waals surface area contributed by atoms with Crippen LogP contribution in [0.5, 0.6) is 0 Å². The molecule has 0 unspecified atom stereocenters. The Bertz CT molecular complexity index is 606. The van der Waals surface area contributed by atoms with Gasteiger partial charge >= 0.3 is 0 Å². The van der Waals surface area contributed by atoms with Crippen LogP contribution in [0.15, 0.2) is 36.5 Å². The average molecular weight is 306 g/mol. The van der Waals surface area contributed by atoms with Crippen LogP contribution in [0.1, 0.15) is 18.4 Å². The van der Waals surface area contributed by atoms with E-state index in [9.17, 15) is 4.79 Å². The van der Waals surface area contributed by atoms with Crippen molar-refractivity contribution in [2.24, 2.45) is 5.92 Å². The molecule has 2 N–H and O–H groups in total. The van der Waals surface area contributed by atoms with Crippen molar-refractivity contribution in [3.05, 3.63) is 42.1 Å². The number of carbonyl (C=O) groups is 1. The summed E-state index contributed by atoms with van der Waals surface area (Å²) in [6.07, 6.45) is 3.65. The molecule has 1 saturated heterocycles. The number of hydrogen-bond donors (Lipinski definition) is 2. The zero-order chi connectivity index (χ0) is 13.8. The van der Waals surface area contributed by atoms with Gasteiger partial charge in [-0.1, -0.05) is 24.3 Å². The van der Waals surface area contributed by atoms with Crippen LogP contribution in [0.25, 0.3) is 10.9 Å². The summed E-state index contributed by atoms with van der Waals surface area (Å²) >= 11 is 0. The molecule has 1 aromatic carbocycles. The van der Waals surface area contributed by atoms with Gasteiger partial charge in [-0.3, -0.25) is 9.78 Å². The van der Waals surface area contributed by atoms with Crippen molar-refractivity contribution in [1.82, 2.24) is 15.6 Å². The lowest BCUT2D eigenvalue weighted by molar-refractivity contribution is -0.125. The van der Waals surface area contributed by atoms with Crippen LogP contribution in [0, 0.1) is 5.92 Å². The van der Waals surface area contributed by atoms with Gasteiger partial charge in [-0.25, -0.2) is 0 Å². The molecule has 21 heavy (non-hydrogen) atoms. The minimum absolute atomic E-state index is 0. The summed E-state index contributed by atoms with van der Waals surface area (Å²) in [5.74, 6) is 0.318. The number of aromatic nitrogens is 1. The van der Waals surface area contributed by atoms with Gasteiger partial charge in [0.25, 0.3) is 0 Å². The van der Waals surface area contributed by atoms with Gasteiger partial charge in [-0.05, 0) is 37.6 Å². The van der Waals surface area contributed by atoms with Crippen LogP contribution in [-0.2, 0) is 11.3 Å². The summed E-state index contributed by atoms with van der Waals surface area (Å²) in [6.45, 7) is 2.43. The Balaban J connectivity index is 0.00000161. The summed E-state index contributed by atoms with van der Waals surface area (Å²) < 4.78 is 0. The van der Waals surface area contributed by atoms with E-state index in [1.165, 1.54) is 0 Å². The second-order valence-corrected chi connectivity index (χ2v) is 5.23. The molecule has 1 aromatic heterocycles. The second kappa shape index (κ2) is 7.38. The molecular weight excluding hydrogens is 286 g/mol. The molecule has 2 heterocycles. The molecule has 1 aliphatic heterocycles. The third-order valence-electron chi connectivity index (χ3n) is 3.88. The minimum atomic E-state index is 0. The molecule has 1 aliphatic rings. The van der Waals surface area contributed by atoms with E-state index in [2.05, 4.69) is 15.6 Å². The topological polar surface area (TPSA) is 54.0 Å². The highest BCUT2D eigenvalue weighted by atomic mass is 35.5. The van der Waals surface area contributed by atoms with Crippen molar-refractivity contribution < 1.29 is 4.79 Å². The van der Waals surface area contributed by atoms with E-state index < -0.39 is 0 Å². The van der Waals surface area contributed by atoms with E-state index in [4.69, 9.17) is 0 Å². The Kier molecular flexibility index (Phi) is 5.53. The van der Waals surface area contributed by atoms with Gasteiger partial charge in [0.05, 0.1) is 5.52 Å². The highest BCUT2D eigenvalue weighted by Crippen LogP contribution is 2.16. The number of benzene rings is 1. The molecular formula is C16H20ClN3O. The first-order valence-corrected chi connectivity index (χ1v) is 7.15. The van der Waals surface area contributed by atoms with Crippen LogP contribution >= 0.6 is 12.4 Å². The quantitative estimate of drug-likeness (QED) is 0.914. The number of carbonyl (C=O) groups excluding carboxylic acids is 1. The average Bonchev–Trinajstić information content (AvgIpc) is 2.53. The number of nitrogens with zero attached hydrogens (tertiary/aromatic N) is 1. The lowest BCUT2D eigenvalue weighted by atomic mass is 9.97. The predicted octanol–water partition coefficient (Wildman–Crippen LogP) is 2.27. The fraction of sp³-hybridized carbons (Fsp3) is 0.375. The Morgan fingerprint density at radius 3 is 2.81 bits per heavy atom. The molecule has 0 radical (unpaired) electrons. The van der Waals surface area contributed by atoms with Gasteiger partial charge in [0.1, 0.15) is 0 Å². The van der Waals surface area contributed by atoms with Gasteiger partial charge in [0.15, 0.2) is 0 Å². The standard InChI is InChI=1S/C16H19N3O.ClH/c20-16(13-6-9-17-10-7-13)19-11-14-4-1-3-12-5-2-8-18-15(12)14;/h1-5,8,13,17H,6-7,9-11H2,(H,19,20);1H. The first kappa shape index (κ1) is 15.7. The number of fused-ring (bicyclic) bond motifs is 1. The summed E-state index contributed by atoms with van der Waals surface area (Å²) in [6, 6.07) is 10.1. The van der Waals surface area contributed by atoms with Crippen molar-refractivity contribution in [2.75, 3.05) is 13.1 Å². The summed E-state index contributed by atoms with van der Waals surface area (Å²) in [5, 5.41) is 7.44. The highest BCUT2D eigenvalue weighted by molar-refractivity contribution is 5.85. The van der Waals surface area contributed by atoms with E-state index in [0.717, 1.165) is 42.4 Å². The van der Waals surface area contributed by atoms with Gasteiger partial charge in [0.2, 0.25) is 5.91 Å². The number of hydrogen-bond acceptors (Lipinski definition) is 3. The first-order valence-electron chi connectivity index (χ1n) is 7.15. The number of piperidine rings is 1. The van der Waals surface area contributed by atoms with Crippen LogP contribution in [-0.4, -0.2) is 24.0 Å². The maximum absolute atomic E-state index is 12.1. The van der Waals surface area contributed by atoms with Crippen LogP contribution in [0.2, 0.25) is 0 Å². The lowest BCUT2D eigenvalue weighted by Crippen LogP contribution is -2.37. The molecule has 0 aliphatic carbocycles. The highest BCUT2D eigenvalue weighted by Gasteiger charge is 2.20. The van der Waals surface area contributed by atoms with Gasteiger partial charge < -0.3 is 10.6 Å². The van der Waals surface area contributed by atoms with Crippen molar-refractivity contribution in [1.29, 1.82) is 0 Å². The molecule has 112 valence electrons. The largest absolute Gasteiger partial charge is 0.352 e. The summed E-state index contributed by atoms with van der Waals surface area (Å²) in [5.41, 5.74) is 2.05. The van der Waals surface area contributed by atoms with Crippen molar-refractivity contribution in [2.45, 2.75) is 19.4 Å². The van der Waals surface area contributed by atoms with E-state index in [1.807, 2.05) is 30.3 Å². The smallest absolute Gasteiger partial charge is 0.223 e. The monoisotopic (exact) mass is 305 g/mol. The van der Waals surface area contributed by atoms with E-state index in [0.29, 0.717) is 6.54 Å². The molecule has 0 atom stereocenters. The molecule has 0 bridgehead atoms. The third kappa shape index (κ3) is 3.71. The zero-order valence-corrected chi connectivity index (χ0v) is 12.7. The SMILES string of the molecule is Cl.O=C(NCc1cccc2cccnc12)C1CCNCC1. The number of nitrogens with one attached hydrogen (secondary N) is 2. The fourth-order valence-electron chi connectivity index (χ4n) is 2.72. The summed E-state index contributed by atoms with van der Waals surface area (Å²) in [4.78, 5) is 16.6. The van der Waals surface area contributed by atoms with Crippen LogP contribution in [0.3, 0.4) is 0 Å². The molecule has 4 nitrogen and oxygen atoms in total. The Hall–Kier alpha value is -1.65. The number of para-hydroxylation sites is 1. The molecule has 0 spiro atoms. The molecule has 2 aromatic rings. The van der Waals surface area contributed by atoms with Gasteiger partial charge in [-0.15, -0.1) is 12.4 Å². The minimum Gasteiger partial charge on any atom is -0.352 e. The predicted molar refractivity (Wildman–Crippen MR) is 86.4 cm³/mol. The number of pyridine rings is 1. The van der Waals surface area contributed by atoms with Crippen LogP contribution in [0.4, 0.5) is 0 Å². The van der Waals surface area contributed by atoms with E-state index in [-0.39, 0.29) is 24.2 Å². The molecule has 3 rings (SSSR count). The van der Waals surface area contributed by atoms with Crippen molar-refractivity contribution in [3.63, 3.8) is 0 Å². The summed E-state index contributed by atoms with van der Waals surface area (Å²) in [7, 11) is 0. The van der Waals surface area contributed by atoms with E-state index in [1.54, 1.807) is 6.20 Å². The Morgan fingerprint density at radius 1 is 1.24 bits per heavy atom. The molecule has 1 fully saturated rings. The normalized spacial score (nSPS) is 15.4. The van der Waals surface area contributed by atoms with E-state index >= 15 is 0 Å². The molecule has 5 heteroatoms. The zero-order valence-electron chi connectivity index (χ0n) is 11.8. The van der Waals surface area contributed by atoms with Gasteiger partial charge in [-0.2, -0.15) is 0 Å². The first-order chi connectivity index (χ1) is 9.84. The maximum atomic E-state index is 12.1. The second-order valence-electron chi connectivity index (χ2n) is 5.23. The number of amides is 1. The van der Waals surface area contributed by atoms with Crippen molar-refractivity contribution in [3.8, 4) is 0 Å². The molecule has 1 amide bonds. The number of halogens is 1.